The highest BCUT2D eigenvalue weighted by molar-refractivity contribution is 7.80. The molecule has 0 heterocycles. The Morgan fingerprint density at radius 3 is 2.50 bits per heavy atom. The van der Waals surface area contributed by atoms with Crippen LogP contribution in [0.15, 0.2) is 60.7 Å². The third-order valence-corrected chi connectivity index (χ3v) is 3.99. The molecule has 0 aliphatic heterocycles. The summed E-state index contributed by atoms with van der Waals surface area (Å²) in [6.07, 6.45) is 0. The van der Waals surface area contributed by atoms with Crippen molar-refractivity contribution in [1.82, 2.24) is 0 Å². The Balaban J connectivity index is 1.98. The Morgan fingerprint density at radius 2 is 1.73 bits per heavy atom. The van der Waals surface area contributed by atoms with Gasteiger partial charge < -0.3 is 10.5 Å². The van der Waals surface area contributed by atoms with Crippen molar-refractivity contribution >= 4 is 28.0 Å². The number of nitrogens with two attached hydrogens (primary N) is 1. The minimum atomic E-state index is 0.358. The molecule has 2 N–H and O–H groups in total. The van der Waals surface area contributed by atoms with E-state index in [0.717, 1.165) is 27.6 Å². The third kappa shape index (κ3) is 2.81. The van der Waals surface area contributed by atoms with Crippen LogP contribution in [0.25, 0.3) is 10.8 Å². The lowest BCUT2D eigenvalue weighted by Crippen LogP contribution is -2.12. The van der Waals surface area contributed by atoms with E-state index in [4.69, 9.17) is 22.7 Å². The monoisotopic (exact) mass is 307 g/mol. The van der Waals surface area contributed by atoms with Gasteiger partial charge in [0.15, 0.2) is 0 Å². The molecule has 0 amide bonds. The summed E-state index contributed by atoms with van der Waals surface area (Å²) in [5.41, 5.74) is 9.10. The maximum atomic E-state index is 6.01. The van der Waals surface area contributed by atoms with Crippen LogP contribution in [-0.2, 0) is 6.61 Å². The van der Waals surface area contributed by atoms with E-state index in [1.807, 2.05) is 48.5 Å². The van der Waals surface area contributed by atoms with Crippen LogP contribution in [0.2, 0.25) is 0 Å². The normalized spacial score (nSPS) is 10.6. The van der Waals surface area contributed by atoms with Gasteiger partial charge in [-0.3, -0.25) is 0 Å². The van der Waals surface area contributed by atoms with Gasteiger partial charge in [-0.15, -0.1) is 0 Å². The minimum absolute atomic E-state index is 0.358. The van der Waals surface area contributed by atoms with Gasteiger partial charge in [0.2, 0.25) is 0 Å². The van der Waals surface area contributed by atoms with E-state index < -0.39 is 0 Å². The van der Waals surface area contributed by atoms with Crippen molar-refractivity contribution in [2.75, 3.05) is 0 Å². The standard InChI is InChI=1S/C19H17NOS/c1-13-6-2-3-8-15(13)12-21-17-11-10-14-7-4-5-9-16(14)18(17)19(20)22/h2-11H,12H2,1H3,(H2,20,22). The highest BCUT2D eigenvalue weighted by atomic mass is 32.1. The molecule has 3 heteroatoms. The van der Waals surface area contributed by atoms with Crippen LogP contribution in [0.1, 0.15) is 16.7 Å². The Bertz CT molecular complexity index is 842. The number of benzene rings is 3. The number of aryl methyl sites for hydroxylation is 1. The van der Waals surface area contributed by atoms with Gasteiger partial charge in [-0.1, -0.05) is 66.8 Å². The van der Waals surface area contributed by atoms with Crippen LogP contribution in [0.3, 0.4) is 0 Å². The largest absolute Gasteiger partial charge is 0.488 e. The average molecular weight is 307 g/mol. The van der Waals surface area contributed by atoms with E-state index in [1.165, 1.54) is 5.56 Å². The molecule has 0 aromatic heterocycles. The van der Waals surface area contributed by atoms with Crippen molar-refractivity contribution < 1.29 is 4.74 Å². The lowest BCUT2D eigenvalue weighted by Gasteiger charge is -2.14. The summed E-state index contributed by atoms with van der Waals surface area (Å²) < 4.78 is 6.01. The predicted molar refractivity (Wildman–Crippen MR) is 95.3 cm³/mol. The van der Waals surface area contributed by atoms with E-state index in [-0.39, 0.29) is 0 Å². The minimum Gasteiger partial charge on any atom is -0.488 e. The highest BCUT2D eigenvalue weighted by Crippen LogP contribution is 2.28. The first kappa shape index (κ1) is 14.5. The van der Waals surface area contributed by atoms with E-state index >= 15 is 0 Å². The number of hydrogen-bond acceptors (Lipinski definition) is 2. The summed E-state index contributed by atoms with van der Waals surface area (Å²) >= 11 is 5.23. The molecule has 0 bridgehead atoms. The van der Waals surface area contributed by atoms with Crippen LogP contribution < -0.4 is 10.5 Å². The molecule has 0 fully saturated rings. The molecule has 2 nitrogen and oxygen atoms in total. The number of thiocarbonyl (C=S) groups is 1. The molecule has 3 aromatic carbocycles. The molecule has 0 aliphatic carbocycles. The maximum absolute atomic E-state index is 6.01. The van der Waals surface area contributed by atoms with Gasteiger partial charge in [-0.05, 0) is 34.9 Å². The summed E-state index contributed by atoms with van der Waals surface area (Å²) in [5.74, 6) is 0.731. The average Bonchev–Trinajstić information content (AvgIpc) is 2.53. The van der Waals surface area contributed by atoms with Gasteiger partial charge in [-0.2, -0.15) is 0 Å². The van der Waals surface area contributed by atoms with Gasteiger partial charge in [0.25, 0.3) is 0 Å². The van der Waals surface area contributed by atoms with Crippen molar-refractivity contribution in [2.24, 2.45) is 5.73 Å². The molecule has 0 unspecified atom stereocenters. The molecule has 0 atom stereocenters. The SMILES string of the molecule is Cc1ccccc1COc1ccc2ccccc2c1C(N)=S. The molecule has 0 aliphatic rings. The van der Waals surface area contributed by atoms with Gasteiger partial charge in [-0.25, -0.2) is 0 Å². The smallest absolute Gasteiger partial charge is 0.130 e. The number of ether oxygens (including phenoxy) is 1. The Kier molecular flexibility index (Phi) is 4.07. The first-order valence-electron chi connectivity index (χ1n) is 7.15. The number of rotatable bonds is 4. The van der Waals surface area contributed by atoms with Crippen LogP contribution in [0, 0.1) is 6.92 Å². The summed E-state index contributed by atoms with van der Waals surface area (Å²) in [7, 11) is 0. The van der Waals surface area contributed by atoms with Gasteiger partial charge >= 0.3 is 0 Å². The fourth-order valence-electron chi connectivity index (χ4n) is 2.55. The number of fused-ring (bicyclic) bond motifs is 1. The fourth-order valence-corrected chi connectivity index (χ4v) is 2.76. The predicted octanol–water partition coefficient (Wildman–Crippen LogP) is 4.36. The zero-order valence-electron chi connectivity index (χ0n) is 12.4. The summed E-state index contributed by atoms with van der Waals surface area (Å²) in [4.78, 5) is 0.358. The molecule has 110 valence electrons. The molecular weight excluding hydrogens is 290 g/mol. The molecule has 3 rings (SSSR count). The second-order valence-electron chi connectivity index (χ2n) is 5.24. The summed E-state index contributed by atoms with van der Waals surface area (Å²) in [6.45, 7) is 2.58. The van der Waals surface area contributed by atoms with Gasteiger partial charge in [0.1, 0.15) is 17.3 Å². The van der Waals surface area contributed by atoms with Crippen molar-refractivity contribution in [1.29, 1.82) is 0 Å². The first-order chi connectivity index (χ1) is 10.7. The van der Waals surface area contributed by atoms with Crippen LogP contribution in [0.4, 0.5) is 0 Å². The van der Waals surface area contributed by atoms with Crippen LogP contribution >= 0.6 is 12.2 Å². The van der Waals surface area contributed by atoms with E-state index in [2.05, 4.69) is 19.1 Å². The second-order valence-corrected chi connectivity index (χ2v) is 5.68. The molecule has 3 aromatic rings. The molecule has 0 spiro atoms. The molecule has 0 saturated carbocycles. The van der Waals surface area contributed by atoms with Crippen LogP contribution in [-0.4, -0.2) is 4.99 Å². The zero-order valence-corrected chi connectivity index (χ0v) is 13.2. The molecular formula is C19H17NOS. The summed E-state index contributed by atoms with van der Waals surface area (Å²) in [6, 6.07) is 20.2. The second kappa shape index (κ2) is 6.16. The third-order valence-electron chi connectivity index (χ3n) is 3.78. The van der Waals surface area contributed by atoms with E-state index in [1.54, 1.807) is 0 Å². The Morgan fingerprint density at radius 1 is 1.00 bits per heavy atom. The lowest BCUT2D eigenvalue weighted by atomic mass is 10.0. The Hall–Kier alpha value is -2.39. The van der Waals surface area contributed by atoms with E-state index in [0.29, 0.717) is 11.6 Å². The fraction of sp³-hybridized carbons (Fsp3) is 0.105. The zero-order chi connectivity index (χ0) is 15.5. The quantitative estimate of drug-likeness (QED) is 0.727. The summed E-state index contributed by atoms with van der Waals surface area (Å²) in [5, 5.41) is 2.13. The molecule has 0 radical (unpaired) electrons. The van der Waals surface area contributed by atoms with E-state index in [9.17, 15) is 0 Å². The maximum Gasteiger partial charge on any atom is 0.130 e. The lowest BCUT2D eigenvalue weighted by molar-refractivity contribution is 0.305. The number of hydrogen-bond donors (Lipinski definition) is 1. The highest BCUT2D eigenvalue weighted by Gasteiger charge is 2.11. The van der Waals surface area contributed by atoms with Crippen molar-refractivity contribution in [3.05, 3.63) is 77.4 Å². The van der Waals surface area contributed by atoms with Gasteiger partial charge in [0.05, 0.1) is 5.56 Å². The van der Waals surface area contributed by atoms with Crippen LogP contribution in [0.5, 0.6) is 5.75 Å². The topological polar surface area (TPSA) is 35.2 Å². The van der Waals surface area contributed by atoms with Gasteiger partial charge in [0, 0.05) is 0 Å². The Labute approximate surface area is 135 Å². The van der Waals surface area contributed by atoms with Crippen molar-refractivity contribution in [2.45, 2.75) is 13.5 Å². The van der Waals surface area contributed by atoms with Crippen molar-refractivity contribution in [3.63, 3.8) is 0 Å². The molecule has 0 saturated heterocycles. The molecule has 22 heavy (non-hydrogen) atoms. The first-order valence-corrected chi connectivity index (χ1v) is 7.56. The van der Waals surface area contributed by atoms with Crippen molar-refractivity contribution in [3.8, 4) is 5.75 Å².